The Hall–Kier alpha value is -0.280. The van der Waals surface area contributed by atoms with Gasteiger partial charge in [0, 0.05) is 6.04 Å². The van der Waals surface area contributed by atoms with Gasteiger partial charge in [0.15, 0.2) is 0 Å². The number of nitrogens with one attached hydrogen (secondary N) is 1. The summed E-state index contributed by atoms with van der Waals surface area (Å²) in [6.07, 6.45) is 7.03. The van der Waals surface area contributed by atoms with Crippen molar-refractivity contribution in [2.24, 2.45) is 5.92 Å². The predicted molar refractivity (Wildman–Crippen MR) is 69.4 cm³/mol. The summed E-state index contributed by atoms with van der Waals surface area (Å²) in [7, 11) is 0. The van der Waals surface area contributed by atoms with E-state index in [2.05, 4.69) is 35.1 Å². The number of hydrogen-bond donors (Lipinski definition) is 1. The summed E-state index contributed by atoms with van der Waals surface area (Å²) in [5, 5.41) is 3.66. The van der Waals surface area contributed by atoms with E-state index in [9.17, 15) is 0 Å². The van der Waals surface area contributed by atoms with Crippen LogP contribution < -0.4 is 5.32 Å². The third-order valence-corrected chi connectivity index (χ3v) is 4.19. The summed E-state index contributed by atoms with van der Waals surface area (Å²) < 4.78 is 6.55. The van der Waals surface area contributed by atoms with Crippen LogP contribution in [0.4, 0.5) is 0 Å². The minimum atomic E-state index is 0.294. The summed E-state index contributed by atoms with van der Waals surface area (Å²) in [4.78, 5) is 0. The second-order valence-electron chi connectivity index (χ2n) is 4.98. The second-order valence-corrected chi connectivity index (χ2v) is 5.83. The molecule has 0 amide bonds. The molecule has 1 heterocycles. The molecule has 2 rings (SSSR count). The van der Waals surface area contributed by atoms with Crippen LogP contribution in [0, 0.1) is 5.92 Å². The lowest BCUT2D eigenvalue weighted by Crippen LogP contribution is -2.34. The first-order chi connectivity index (χ1) is 7.66. The molecule has 2 nitrogen and oxygen atoms in total. The maximum atomic E-state index is 5.48. The highest BCUT2D eigenvalue weighted by Gasteiger charge is 2.21. The van der Waals surface area contributed by atoms with Gasteiger partial charge >= 0.3 is 0 Å². The van der Waals surface area contributed by atoms with Crippen molar-refractivity contribution in [1.29, 1.82) is 0 Å². The van der Waals surface area contributed by atoms with E-state index in [1.807, 2.05) is 6.07 Å². The Morgan fingerprint density at radius 3 is 2.62 bits per heavy atom. The van der Waals surface area contributed by atoms with E-state index < -0.39 is 0 Å². The molecule has 0 bridgehead atoms. The minimum Gasteiger partial charge on any atom is -0.466 e. The maximum Gasteiger partial charge on any atom is 0.134 e. The molecule has 0 saturated heterocycles. The summed E-state index contributed by atoms with van der Waals surface area (Å²) >= 11 is 3.51. The van der Waals surface area contributed by atoms with Crippen LogP contribution in [0.15, 0.2) is 21.2 Å². The van der Waals surface area contributed by atoms with E-state index >= 15 is 0 Å². The Morgan fingerprint density at radius 1 is 1.38 bits per heavy atom. The minimum absolute atomic E-state index is 0.294. The molecule has 0 aromatic carbocycles. The first-order valence-corrected chi connectivity index (χ1v) is 6.95. The van der Waals surface area contributed by atoms with Gasteiger partial charge in [-0.2, -0.15) is 0 Å². The highest BCUT2D eigenvalue weighted by molar-refractivity contribution is 9.10. The van der Waals surface area contributed by atoms with E-state index in [-0.39, 0.29) is 0 Å². The summed E-state index contributed by atoms with van der Waals surface area (Å²) in [6.45, 7) is 4.52. The molecule has 1 aromatic heterocycles. The van der Waals surface area contributed by atoms with Gasteiger partial charge in [0.05, 0.1) is 16.8 Å². The number of rotatable bonds is 3. The van der Waals surface area contributed by atoms with Crippen LogP contribution in [0.3, 0.4) is 0 Å². The average molecular weight is 286 g/mol. The van der Waals surface area contributed by atoms with Gasteiger partial charge in [-0.05, 0) is 60.5 Å². The Morgan fingerprint density at radius 2 is 2.06 bits per heavy atom. The fourth-order valence-electron chi connectivity index (χ4n) is 2.47. The van der Waals surface area contributed by atoms with Crippen molar-refractivity contribution < 1.29 is 4.42 Å². The lowest BCUT2D eigenvalue weighted by atomic mass is 9.87. The molecule has 0 aliphatic heterocycles. The molecule has 16 heavy (non-hydrogen) atoms. The number of furan rings is 1. The second kappa shape index (κ2) is 5.37. The fraction of sp³-hybridized carbons (Fsp3) is 0.692. The monoisotopic (exact) mass is 285 g/mol. The van der Waals surface area contributed by atoms with Crippen molar-refractivity contribution in [2.75, 3.05) is 0 Å². The standard InChI is InChI=1S/C13H20BrNO/c1-9-3-5-11(6-4-9)15-10(2)13-12(14)7-8-16-13/h7-11,15H,3-6H2,1-2H3. The lowest BCUT2D eigenvalue weighted by molar-refractivity contribution is 0.280. The zero-order valence-corrected chi connectivity index (χ0v) is 11.6. The van der Waals surface area contributed by atoms with Crippen LogP contribution in [-0.4, -0.2) is 6.04 Å². The topological polar surface area (TPSA) is 25.2 Å². The number of hydrogen-bond acceptors (Lipinski definition) is 2. The maximum absolute atomic E-state index is 5.48. The first kappa shape index (κ1) is 12.2. The molecule has 0 radical (unpaired) electrons. The van der Waals surface area contributed by atoms with E-state index in [0.29, 0.717) is 12.1 Å². The van der Waals surface area contributed by atoms with Crippen LogP contribution in [-0.2, 0) is 0 Å². The summed E-state index contributed by atoms with van der Waals surface area (Å²) in [5.41, 5.74) is 0. The molecule has 3 heteroatoms. The van der Waals surface area contributed by atoms with Crippen molar-refractivity contribution in [1.82, 2.24) is 5.32 Å². The molecule has 1 saturated carbocycles. The van der Waals surface area contributed by atoms with Gasteiger partial charge in [-0.15, -0.1) is 0 Å². The van der Waals surface area contributed by atoms with E-state index in [0.717, 1.165) is 16.2 Å². The van der Waals surface area contributed by atoms with Gasteiger partial charge in [0.25, 0.3) is 0 Å². The largest absolute Gasteiger partial charge is 0.466 e. The van der Waals surface area contributed by atoms with Gasteiger partial charge in [-0.25, -0.2) is 0 Å². The van der Waals surface area contributed by atoms with Crippen molar-refractivity contribution in [3.8, 4) is 0 Å². The van der Waals surface area contributed by atoms with E-state index in [1.165, 1.54) is 25.7 Å². The van der Waals surface area contributed by atoms with Gasteiger partial charge in [-0.3, -0.25) is 0 Å². The predicted octanol–water partition coefficient (Wildman–Crippen LogP) is 4.27. The first-order valence-electron chi connectivity index (χ1n) is 6.15. The molecule has 90 valence electrons. The van der Waals surface area contributed by atoms with Gasteiger partial charge in [0.1, 0.15) is 5.76 Å². The van der Waals surface area contributed by atoms with Gasteiger partial charge < -0.3 is 9.73 Å². The Labute approximate surface area is 106 Å². The summed E-state index contributed by atoms with van der Waals surface area (Å²) in [6, 6.07) is 2.90. The normalized spacial score (nSPS) is 27.9. The average Bonchev–Trinajstić information content (AvgIpc) is 2.68. The molecular formula is C13H20BrNO. The van der Waals surface area contributed by atoms with Crippen molar-refractivity contribution in [3.05, 3.63) is 22.6 Å². The Kier molecular flexibility index (Phi) is 4.09. The highest BCUT2D eigenvalue weighted by Crippen LogP contribution is 2.28. The SMILES string of the molecule is CC1CCC(NC(C)c2occc2Br)CC1. The van der Waals surface area contributed by atoms with Crippen molar-refractivity contribution in [2.45, 2.75) is 51.6 Å². The third kappa shape index (κ3) is 2.89. The van der Waals surface area contributed by atoms with Crippen LogP contribution in [0.2, 0.25) is 0 Å². The van der Waals surface area contributed by atoms with E-state index in [1.54, 1.807) is 6.26 Å². The molecule has 1 fully saturated rings. The Bertz CT molecular complexity index is 328. The third-order valence-electron chi connectivity index (χ3n) is 3.54. The van der Waals surface area contributed by atoms with Gasteiger partial charge in [0.2, 0.25) is 0 Å². The molecule has 1 aromatic rings. The zero-order valence-electron chi connectivity index (χ0n) is 10.0. The summed E-state index contributed by atoms with van der Waals surface area (Å²) in [5.74, 6) is 1.92. The fourth-order valence-corrected chi connectivity index (χ4v) is 3.02. The van der Waals surface area contributed by atoms with E-state index in [4.69, 9.17) is 4.42 Å². The molecular weight excluding hydrogens is 266 g/mol. The van der Waals surface area contributed by atoms with Crippen LogP contribution >= 0.6 is 15.9 Å². The highest BCUT2D eigenvalue weighted by atomic mass is 79.9. The molecule has 1 unspecified atom stereocenters. The smallest absolute Gasteiger partial charge is 0.134 e. The number of halogens is 1. The van der Waals surface area contributed by atoms with Crippen molar-refractivity contribution in [3.63, 3.8) is 0 Å². The molecule has 1 aliphatic carbocycles. The zero-order chi connectivity index (χ0) is 11.5. The molecule has 0 spiro atoms. The lowest BCUT2D eigenvalue weighted by Gasteiger charge is -2.29. The van der Waals surface area contributed by atoms with Crippen LogP contribution in [0.25, 0.3) is 0 Å². The van der Waals surface area contributed by atoms with Crippen LogP contribution in [0.5, 0.6) is 0 Å². The molecule has 1 N–H and O–H groups in total. The van der Waals surface area contributed by atoms with Crippen LogP contribution in [0.1, 0.15) is 51.3 Å². The Balaban J connectivity index is 1.88. The molecule has 1 aliphatic rings. The molecule has 1 atom stereocenters. The van der Waals surface area contributed by atoms with Gasteiger partial charge in [-0.1, -0.05) is 6.92 Å². The van der Waals surface area contributed by atoms with Crippen molar-refractivity contribution >= 4 is 15.9 Å². The quantitative estimate of drug-likeness (QED) is 0.897.